The minimum Gasteiger partial charge on any atom is -0.388 e. The summed E-state index contributed by atoms with van der Waals surface area (Å²) in [5.41, 5.74) is 1.48. The molecule has 0 aliphatic heterocycles. The van der Waals surface area contributed by atoms with Gasteiger partial charge in [-0.3, -0.25) is 4.79 Å². The van der Waals surface area contributed by atoms with Gasteiger partial charge in [-0.05, 0) is 50.5 Å². The Bertz CT molecular complexity index is 820. The van der Waals surface area contributed by atoms with Crippen LogP contribution in [-0.4, -0.2) is 27.1 Å². The van der Waals surface area contributed by atoms with E-state index in [1.165, 1.54) is 24.3 Å². The van der Waals surface area contributed by atoms with Gasteiger partial charge in [0.25, 0.3) is 0 Å². The summed E-state index contributed by atoms with van der Waals surface area (Å²) in [6, 6.07) is 5.44. The minimum absolute atomic E-state index is 0.0657. The van der Waals surface area contributed by atoms with Crippen LogP contribution in [0.1, 0.15) is 26.2 Å². The summed E-state index contributed by atoms with van der Waals surface area (Å²) in [5, 5.41) is 4.04. The van der Waals surface area contributed by atoms with E-state index in [0.29, 0.717) is 12.1 Å². The fraction of sp³-hybridized carbons (Fsp3) is 0.353. The zero-order valence-corrected chi connectivity index (χ0v) is 13.4. The number of rotatable bonds is 5. The molecule has 0 spiro atoms. The van der Waals surface area contributed by atoms with Gasteiger partial charge in [-0.2, -0.15) is 4.68 Å². The molecule has 0 saturated carbocycles. The third-order valence-electron chi connectivity index (χ3n) is 3.96. The van der Waals surface area contributed by atoms with Gasteiger partial charge in [0, 0.05) is 17.8 Å². The van der Waals surface area contributed by atoms with Crippen LogP contribution < -0.4 is 5.76 Å². The zero-order chi connectivity index (χ0) is 17.1. The van der Waals surface area contributed by atoms with E-state index in [9.17, 15) is 14.0 Å². The number of carbonyl (C=O) groups is 1. The molecule has 126 valence electrons. The Balaban J connectivity index is 1.79. The molecule has 1 aliphatic rings. The van der Waals surface area contributed by atoms with Crippen LogP contribution in [-0.2, 0) is 11.3 Å². The Morgan fingerprint density at radius 2 is 2.12 bits per heavy atom. The Hall–Kier alpha value is -2.70. The Kier molecular flexibility index (Phi) is 4.59. The first-order valence-corrected chi connectivity index (χ1v) is 7.91. The number of hydrogen-bond acceptors (Lipinski definition) is 4. The van der Waals surface area contributed by atoms with Gasteiger partial charge in [0.1, 0.15) is 12.4 Å². The highest BCUT2D eigenvalue weighted by Gasteiger charge is 2.21. The summed E-state index contributed by atoms with van der Waals surface area (Å²) in [5.74, 6) is -1.24. The Morgan fingerprint density at radius 3 is 2.75 bits per heavy atom. The fourth-order valence-corrected chi connectivity index (χ4v) is 2.77. The highest BCUT2D eigenvalue weighted by molar-refractivity contribution is 5.77. The molecule has 3 rings (SSSR count). The summed E-state index contributed by atoms with van der Waals surface area (Å²) in [7, 11) is 0. The molecule has 1 aliphatic carbocycles. The van der Waals surface area contributed by atoms with Crippen molar-refractivity contribution < 1.29 is 13.6 Å². The molecule has 0 unspecified atom stereocenters. The quantitative estimate of drug-likeness (QED) is 0.844. The van der Waals surface area contributed by atoms with E-state index in [-0.39, 0.29) is 24.2 Å². The van der Waals surface area contributed by atoms with E-state index >= 15 is 0 Å². The second-order valence-electron chi connectivity index (χ2n) is 5.56. The molecule has 1 amide bonds. The number of aromatic nitrogens is 2. The van der Waals surface area contributed by atoms with Crippen molar-refractivity contribution in [1.82, 2.24) is 14.7 Å². The van der Waals surface area contributed by atoms with Gasteiger partial charge >= 0.3 is 5.76 Å². The van der Waals surface area contributed by atoms with E-state index in [4.69, 9.17) is 4.42 Å². The van der Waals surface area contributed by atoms with Gasteiger partial charge in [0.2, 0.25) is 11.8 Å². The van der Waals surface area contributed by atoms with Crippen LogP contribution in [0.15, 0.2) is 45.3 Å². The van der Waals surface area contributed by atoms with Gasteiger partial charge in [-0.1, -0.05) is 6.08 Å². The van der Waals surface area contributed by atoms with Gasteiger partial charge in [-0.25, -0.2) is 9.18 Å². The maximum absolute atomic E-state index is 13.0. The maximum atomic E-state index is 13.0. The second-order valence-corrected chi connectivity index (χ2v) is 5.56. The molecule has 0 N–H and O–H groups in total. The lowest BCUT2D eigenvalue weighted by Crippen LogP contribution is -2.35. The predicted molar refractivity (Wildman–Crippen MR) is 85.5 cm³/mol. The van der Waals surface area contributed by atoms with E-state index in [1.54, 1.807) is 4.90 Å². The van der Waals surface area contributed by atoms with Crippen molar-refractivity contribution in [2.45, 2.75) is 32.7 Å². The average molecular weight is 331 g/mol. The monoisotopic (exact) mass is 331 g/mol. The SMILES string of the molecule is CCN(C(=O)Cn1nc(-c2ccc(F)cc2)oc1=O)C1=CCCC1. The molecule has 2 aromatic rings. The Labute approximate surface area is 138 Å². The van der Waals surface area contributed by atoms with E-state index < -0.39 is 5.76 Å². The molecule has 0 atom stereocenters. The number of benzene rings is 1. The molecule has 1 aromatic carbocycles. The molecule has 0 saturated heterocycles. The summed E-state index contributed by atoms with van der Waals surface area (Å²) in [6.45, 7) is 2.25. The first kappa shape index (κ1) is 16.2. The van der Waals surface area contributed by atoms with Crippen molar-refractivity contribution >= 4 is 5.91 Å². The number of nitrogens with zero attached hydrogens (tertiary/aromatic N) is 3. The molecule has 0 fully saturated rings. The van der Waals surface area contributed by atoms with E-state index in [1.807, 2.05) is 6.92 Å². The molecular formula is C17H18FN3O3. The minimum atomic E-state index is -0.709. The van der Waals surface area contributed by atoms with Crippen LogP contribution in [0.25, 0.3) is 11.5 Å². The van der Waals surface area contributed by atoms with Crippen LogP contribution in [0.3, 0.4) is 0 Å². The first-order valence-electron chi connectivity index (χ1n) is 7.91. The van der Waals surface area contributed by atoms with Gasteiger partial charge in [0.15, 0.2) is 0 Å². The van der Waals surface area contributed by atoms with Crippen LogP contribution in [0, 0.1) is 5.82 Å². The predicted octanol–water partition coefficient (Wildman–Crippen LogP) is 2.56. The number of allylic oxidation sites excluding steroid dienone is 2. The van der Waals surface area contributed by atoms with E-state index in [0.717, 1.165) is 29.6 Å². The summed E-state index contributed by atoms with van der Waals surface area (Å²) in [6.07, 6.45) is 4.93. The second kappa shape index (κ2) is 6.82. The van der Waals surface area contributed by atoms with Crippen molar-refractivity contribution in [3.63, 3.8) is 0 Å². The Morgan fingerprint density at radius 1 is 1.38 bits per heavy atom. The number of likely N-dealkylation sites (N-methyl/N-ethyl adjacent to an activating group) is 1. The van der Waals surface area contributed by atoms with Gasteiger partial charge < -0.3 is 9.32 Å². The fourth-order valence-electron chi connectivity index (χ4n) is 2.77. The first-order chi connectivity index (χ1) is 11.6. The third-order valence-corrected chi connectivity index (χ3v) is 3.96. The number of halogens is 1. The molecule has 0 radical (unpaired) electrons. The standard InChI is InChI=1S/C17H18FN3O3/c1-2-20(14-5-3-4-6-14)15(22)11-21-17(23)24-16(19-21)12-7-9-13(18)10-8-12/h5,7-10H,2-4,6,11H2,1H3. The molecule has 0 bridgehead atoms. The highest BCUT2D eigenvalue weighted by atomic mass is 19.1. The third kappa shape index (κ3) is 3.29. The average Bonchev–Trinajstić information content (AvgIpc) is 3.20. The topological polar surface area (TPSA) is 68.3 Å². The maximum Gasteiger partial charge on any atom is 0.437 e. The summed E-state index contributed by atoms with van der Waals surface area (Å²) >= 11 is 0. The molecule has 7 heteroatoms. The van der Waals surface area contributed by atoms with Gasteiger partial charge in [-0.15, -0.1) is 5.10 Å². The summed E-state index contributed by atoms with van der Waals surface area (Å²) < 4.78 is 19.0. The lowest BCUT2D eigenvalue weighted by Gasteiger charge is -2.21. The van der Waals surface area contributed by atoms with Crippen LogP contribution in [0.2, 0.25) is 0 Å². The van der Waals surface area contributed by atoms with Crippen LogP contribution >= 0.6 is 0 Å². The van der Waals surface area contributed by atoms with Crippen molar-refractivity contribution in [3.05, 3.63) is 52.4 Å². The zero-order valence-electron chi connectivity index (χ0n) is 13.4. The largest absolute Gasteiger partial charge is 0.437 e. The van der Waals surface area contributed by atoms with Crippen LogP contribution in [0.4, 0.5) is 4.39 Å². The van der Waals surface area contributed by atoms with Crippen molar-refractivity contribution in [1.29, 1.82) is 0 Å². The molecule has 1 aromatic heterocycles. The van der Waals surface area contributed by atoms with E-state index in [2.05, 4.69) is 11.2 Å². The molecular weight excluding hydrogens is 313 g/mol. The number of carbonyl (C=O) groups excluding carboxylic acids is 1. The normalized spacial score (nSPS) is 13.8. The lowest BCUT2D eigenvalue weighted by atomic mass is 10.2. The number of hydrogen-bond donors (Lipinski definition) is 0. The molecule has 24 heavy (non-hydrogen) atoms. The lowest BCUT2D eigenvalue weighted by molar-refractivity contribution is -0.130. The number of amides is 1. The smallest absolute Gasteiger partial charge is 0.388 e. The molecule has 6 nitrogen and oxygen atoms in total. The van der Waals surface area contributed by atoms with Crippen molar-refractivity contribution in [2.24, 2.45) is 0 Å². The highest BCUT2D eigenvalue weighted by Crippen LogP contribution is 2.21. The van der Waals surface area contributed by atoms with Crippen LogP contribution in [0.5, 0.6) is 0 Å². The van der Waals surface area contributed by atoms with Crippen molar-refractivity contribution in [3.8, 4) is 11.5 Å². The van der Waals surface area contributed by atoms with Crippen molar-refractivity contribution in [2.75, 3.05) is 6.54 Å². The summed E-state index contributed by atoms with van der Waals surface area (Å²) in [4.78, 5) is 26.1. The van der Waals surface area contributed by atoms with Gasteiger partial charge in [0.05, 0.1) is 0 Å². The molecule has 1 heterocycles.